The van der Waals surface area contributed by atoms with Crippen LogP contribution in [0, 0.1) is 0 Å². The molecule has 4 nitrogen and oxygen atoms in total. The van der Waals surface area contributed by atoms with Crippen LogP contribution in [0.4, 0.5) is 5.95 Å². The highest BCUT2D eigenvalue weighted by atomic mass is 15.2. The van der Waals surface area contributed by atoms with Crippen LogP contribution in [-0.2, 0) is 6.54 Å². The van der Waals surface area contributed by atoms with Crippen LogP contribution in [-0.4, -0.2) is 29.6 Å². The second-order valence-corrected chi connectivity index (χ2v) is 4.06. The summed E-state index contributed by atoms with van der Waals surface area (Å²) in [5.41, 5.74) is 1.16. The molecule has 1 aromatic rings. The van der Waals surface area contributed by atoms with E-state index >= 15 is 0 Å². The minimum absolute atomic E-state index is 0.739. The van der Waals surface area contributed by atoms with Gasteiger partial charge in [-0.3, -0.25) is 0 Å². The Morgan fingerprint density at radius 3 is 2.60 bits per heavy atom. The van der Waals surface area contributed by atoms with Crippen LogP contribution in [0.5, 0.6) is 0 Å². The first-order valence-electron chi connectivity index (χ1n) is 5.55. The molecule has 0 radical (unpaired) electrons. The zero-order valence-corrected chi connectivity index (χ0v) is 9.40. The van der Waals surface area contributed by atoms with Crippen LogP contribution in [0.15, 0.2) is 12.4 Å². The van der Waals surface area contributed by atoms with Gasteiger partial charge in [-0.25, -0.2) is 9.97 Å². The summed E-state index contributed by atoms with van der Waals surface area (Å²) in [7, 11) is 2.00. The van der Waals surface area contributed by atoms with Gasteiger partial charge in [-0.2, -0.15) is 0 Å². The monoisotopic (exact) mass is 206 g/mol. The quantitative estimate of drug-likeness (QED) is 0.785. The van der Waals surface area contributed by atoms with E-state index in [4.69, 9.17) is 0 Å². The average molecular weight is 206 g/mol. The molecule has 4 heteroatoms. The Morgan fingerprint density at radius 2 is 2.07 bits per heavy atom. The normalized spacial score (nSPS) is 15.3. The number of nitrogens with one attached hydrogen (secondary N) is 1. The van der Waals surface area contributed by atoms with Gasteiger partial charge in [-0.05, 0) is 19.8 Å². The molecule has 1 fully saturated rings. The summed E-state index contributed by atoms with van der Waals surface area (Å²) < 4.78 is 0. The third-order valence-electron chi connectivity index (χ3n) is 2.68. The summed E-state index contributed by atoms with van der Waals surface area (Å²) in [4.78, 5) is 10.7. The molecule has 0 aliphatic heterocycles. The van der Waals surface area contributed by atoms with Crippen LogP contribution < -0.4 is 10.2 Å². The maximum absolute atomic E-state index is 4.32. The molecule has 0 bridgehead atoms. The fraction of sp³-hybridized carbons (Fsp3) is 0.636. The first-order chi connectivity index (χ1) is 7.29. The minimum Gasteiger partial charge on any atom is -0.344 e. The van der Waals surface area contributed by atoms with Crippen molar-refractivity contribution in [3.05, 3.63) is 18.0 Å². The van der Waals surface area contributed by atoms with E-state index in [1.54, 1.807) is 0 Å². The molecule has 0 amide bonds. The van der Waals surface area contributed by atoms with E-state index in [2.05, 4.69) is 22.2 Å². The lowest BCUT2D eigenvalue weighted by Crippen LogP contribution is -2.19. The molecule has 1 saturated carbocycles. The smallest absolute Gasteiger partial charge is 0.224 e. The highest BCUT2D eigenvalue weighted by Gasteiger charge is 2.19. The van der Waals surface area contributed by atoms with Crippen molar-refractivity contribution in [2.24, 2.45) is 0 Å². The molecule has 1 aromatic heterocycles. The number of aromatic nitrogens is 2. The van der Waals surface area contributed by atoms with Crippen molar-refractivity contribution in [1.29, 1.82) is 0 Å². The molecule has 15 heavy (non-hydrogen) atoms. The Hall–Kier alpha value is -1.16. The summed E-state index contributed by atoms with van der Waals surface area (Å²) in [6.45, 7) is 3.91. The van der Waals surface area contributed by atoms with Crippen LogP contribution >= 0.6 is 0 Å². The van der Waals surface area contributed by atoms with E-state index in [1.807, 2.05) is 24.3 Å². The van der Waals surface area contributed by atoms with Crippen molar-refractivity contribution in [3.63, 3.8) is 0 Å². The number of rotatable bonds is 5. The standard InChI is InChI=1S/C11H18N4/c1-3-15(2)11-13-7-9(8-14-11)6-12-10-4-5-10/h7-8,10,12H,3-6H2,1-2H3. The fourth-order valence-corrected chi connectivity index (χ4v) is 1.33. The second kappa shape index (κ2) is 4.57. The number of hydrogen-bond acceptors (Lipinski definition) is 4. The summed E-state index contributed by atoms with van der Waals surface area (Å²) in [6.07, 6.45) is 6.45. The molecule has 1 aliphatic rings. The van der Waals surface area contributed by atoms with Gasteiger partial charge in [0.1, 0.15) is 0 Å². The first-order valence-corrected chi connectivity index (χ1v) is 5.55. The Balaban J connectivity index is 1.90. The van der Waals surface area contributed by atoms with Gasteiger partial charge in [-0.1, -0.05) is 0 Å². The molecule has 0 unspecified atom stereocenters. The van der Waals surface area contributed by atoms with Gasteiger partial charge in [0.2, 0.25) is 5.95 Å². The highest BCUT2D eigenvalue weighted by molar-refractivity contribution is 5.27. The van der Waals surface area contributed by atoms with Gasteiger partial charge in [-0.15, -0.1) is 0 Å². The second-order valence-electron chi connectivity index (χ2n) is 4.06. The molecule has 0 aromatic carbocycles. The van der Waals surface area contributed by atoms with Gasteiger partial charge >= 0.3 is 0 Å². The van der Waals surface area contributed by atoms with Gasteiger partial charge in [0, 0.05) is 44.1 Å². The SMILES string of the molecule is CCN(C)c1ncc(CNC2CC2)cn1. The molecule has 1 N–H and O–H groups in total. The van der Waals surface area contributed by atoms with E-state index in [1.165, 1.54) is 12.8 Å². The highest BCUT2D eigenvalue weighted by Crippen LogP contribution is 2.19. The fourth-order valence-electron chi connectivity index (χ4n) is 1.33. The van der Waals surface area contributed by atoms with Crippen molar-refractivity contribution in [1.82, 2.24) is 15.3 Å². The van der Waals surface area contributed by atoms with Crippen LogP contribution in [0.25, 0.3) is 0 Å². The van der Waals surface area contributed by atoms with E-state index in [-0.39, 0.29) is 0 Å². The predicted molar refractivity (Wildman–Crippen MR) is 60.8 cm³/mol. The third kappa shape index (κ3) is 2.89. The number of anilines is 1. The maximum atomic E-state index is 4.32. The third-order valence-corrected chi connectivity index (χ3v) is 2.68. The first kappa shape index (κ1) is 10.4. The Kier molecular flexibility index (Phi) is 3.16. The van der Waals surface area contributed by atoms with E-state index < -0.39 is 0 Å². The lowest BCUT2D eigenvalue weighted by atomic mass is 10.3. The molecule has 0 spiro atoms. The Bertz CT molecular complexity index is 305. The molecule has 0 atom stereocenters. The Morgan fingerprint density at radius 1 is 1.40 bits per heavy atom. The summed E-state index contributed by atoms with van der Waals surface area (Å²) >= 11 is 0. The molecular formula is C11H18N4. The Labute approximate surface area is 90.7 Å². The lowest BCUT2D eigenvalue weighted by molar-refractivity contribution is 0.683. The summed E-state index contributed by atoms with van der Waals surface area (Å²) in [5, 5.41) is 3.44. The van der Waals surface area contributed by atoms with Crippen molar-refractivity contribution in [3.8, 4) is 0 Å². The van der Waals surface area contributed by atoms with Gasteiger partial charge in [0.15, 0.2) is 0 Å². The summed E-state index contributed by atoms with van der Waals surface area (Å²) in [6, 6.07) is 0.739. The van der Waals surface area contributed by atoms with Crippen molar-refractivity contribution in [2.45, 2.75) is 32.4 Å². The predicted octanol–water partition coefficient (Wildman–Crippen LogP) is 1.18. The van der Waals surface area contributed by atoms with Gasteiger partial charge in [0.25, 0.3) is 0 Å². The van der Waals surface area contributed by atoms with Crippen molar-refractivity contribution < 1.29 is 0 Å². The van der Waals surface area contributed by atoms with Crippen LogP contribution in [0.3, 0.4) is 0 Å². The average Bonchev–Trinajstić information content (AvgIpc) is 3.10. The molecular weight excluding hydrogens is 188 g/mol. The molecule has 2 rings (SSSR count). The van der Waals surface area contributed by atoms with E-state index in [9.17, 15) is 0 Å². The number of nitrogens with zero attached hydrogens (tertiary/aromatic N) is 3. The van der Waals surface area contributed by atoms with Crippen molar-refractivity contribution >= 4 is 5.95 Å². The lowest BCUT2D eigenvalue weighted by Gasteiger charge is -2.13. The molecule has 0 saturated heterocycles. The van der Waals surface area contributed by atoms with E-state index in [0.29, 0.717) is 0 Å². The zero-order valence-electron chi connectivity index (χ0n) is 9.40. The minimum atomic E-state index is 0.739. The van der Waals surface area contributed by atoms with Crippen molar-refractivity contribution in [2.75, 3.05) is 18.5 Å². The summed E-state index contributed by atoms with van der Waals surface area (Å²) in [5.74, 6) is 0.799. The molecule has 1 heterocycles. The maximum Gasteiger partial charge on any atom is 0.224 e. The topological polar surface area (TPSA) is 41.1 Å². The van der Waals surface area contributed by atoms with E-state index in [0.717, 1.165) is 30.6 Å². The van der Waals surface area contributed by atoms with Crippen LogP contribution in [0.2, 0.25) is 0 Å². The zero-order chi connectivity index (χ0) is 10.7. The van der Waals surface area contributed by atoms with Crippen LogP contribution in [0.1, 0.15) is 25.3 Å². The molecule has 1 aliphatic carbocycles. The van der Waals surface area contributed by atoms with Gasteiger partial charge < -0.3 is 10.2 Å². The number of hydrogen-bond donors (Lipinski definition) is 1. The van der Waals surface area contributed by atoms with Gasteiger partial charge in [0.05, 0.1) is 0 Å². The molecule has 82 valence electrons. The largest absolute Gasteiger partial charge is 0.344 e.